The Morgan fingerprint density at radius 3 is 2.48 bits per heavy atom. The summed E-state index contributed by atoms with van der Waals surface area (Å²) in [4.78, 5) is 33.9. The van der Waals surface area contributed by atoms with Crippen molar-refractivity contribution in [3.8, 4) is 5.88 Å². The molecule has 8 nitrogen and oxygen atoms in total. The molecule has 0 saturated heterocycles. The van der Waals surface area contributed by atoms with E-state index in [1.54, 1.807) is 31.1 Å². The summed E-state index contributed by atoms with van der Waals surface area (Å²) in [5.41, 5.74) is 1.30. The highest BCUT2D eigenvalue weighted by atomic mass is 19.4. The SMILES string of the molecule is C[C@H]1CN([C@@H](C)CO)C(=O)c2cc(/C=C/c3ccccc3)cnc2O[C@@H]1CN(C)C(=O)Nc1ccc(C(F)(F)F)cc1. The third kappa shape index (κ3) is 7.47. The minimum Gasteiger partial charge on any atom is -0.472 e. The molecule has 4 rings (SSSR count). The maximum absolute atomic E-state index is 13.6. The number of carbonyl (C=O) groups is 2. The van der Waals surface area contributed by atoms with Gasteiger partial charge in [-0.2, -0.15) is 13.2 Å². The van der Waals surface area contributed by atoms with Gasteiger partial charge in [-0.15, -0.1) is 0 Å². The second kappa shape index (κ2) is 13.1. The van der Waals surface area contributed by atoms with Gasteiger partial charge in [-0.05, 0) is 48.4 Å². The summed E-state index contributed by atoms with van der Waals surface area (Å²) in [6.07, 6.45) is 0.272. The minimum atomic E-state index is -4.48. The molecule has 42 heavy (non-hydrogen) atoms. The number of alkyl halides is 3. The van der Waals surface area contributed by atoms with E-state index in [1.165, 1.54) is 17.0 Å². The molecule has 1 aromatic heterocycles. The first-order chi connectivity index (χ1) is 20.0. The fourth-order valence-corrected chi connectivity index (χ4v) is 4.50. The van der Waals surface area contributed by atoms with E-state index in [0.29, 0.717) is 5.56 Å². The van der Waals surface area contributed by atoms with Crippen LogP contribution in [0.3, 0.4) is 0 Å². The van der Waals surface area contributed by atoms with Crippen LogP contribution in [-0.2, 0) is 6.18 Å². The average molecular weight is 583 g/mol. The van der Waals surface area contributed by atoms with Gasteiger partial charge in [-0.3, -0.25) is 4.79 Å². The van der Waals surface area contributed by atoms with E-state index in [-0.39, 0.29) is 48.7 Å². The van der Waals surface area contributed by atoms with Crippen LogP contribution in [0, 0.1) is 5.92 Å². The maximum Gasteiger partial charge on any atom is 0.416 e. The van der Waals surface area contributed by atoms with Gasteiger partial charge in [-0.1, -0.05) is 49.4 Å². The second-order valence-corrected chi connectivity index (χ2v) is 10.4. The van der Waals surface area contributed by atoms with E-state index in [0.717, 1.165) is 17.7 Å². The Morgan fingerprint density at radius 2 is 1.83 bits per heavy atom. The molecule has 3 aromatic rings. The predicted octanol–water partition coefficient (Wildman–Crippen LogP) is 5.65. The molecule has 0 radical (unpaired) electrons. The van der Waals surface area contributed by atoms with Gasteiger partial charge in [0.15, 0.2) is 0 Å². The Hall–Kier alpha value is -4.38. The number of fused-ring (bicyclic) bond motifs is 1. The van der Waals surface area contributed by atoms with Crippen LogP contribution in [0.25, 0.3) is 12.2 Å². The third-order valence-electron chi connectivity index (χ3n) is 7.07. The molecular formula is C31H33F3N4O4. The molecule has 11 heteroatoms. The van der Waals surface area contributed by atoms with Gasteiger partial charge in [0, 0.05) is 31.4 Å². The van der Waals surface area contributed by atoms with Crippen molar-refractivity contribution in [2.24, 2.45) is 5.92 Å². The Bertz CT molecular complexity index is 1410. The molecule has 0 aliphatic carbocycles. The standard InChI is InChI=1S/C31H33F3N4O4/c1-20-17-38(21(2)19-39)29(40)26-15-23(10-9-22-7-5-4-6-8-22)16-35-28(26)42-27(20)18-37(3)30(41)36-25-13-11-24(12-14-25)31(32,33)34/h4-16,20-21,27,39H,17-19H2,1-3H3,(H,36,41)/b10-9+/t20-,21-,27+/m0/s1. The summed E-state index contributed by atoms with van der Waals surface area (Å²) in [5.74, 6) is -0.482. The lowest BCUT2D eigenvalue weighted by atomic mass is 10.00. The van der Waals surface area contributed by atoms with Crippen LogP contribution >= 0.6 is 0 Å². The number of pyridine rings is 1. The number of hydrogen-bond acceptors (Lipinski definition) is 5. The number of anilines is 1. The number of carbonyl (C=O) groups excluding carboxylic acids is 2. The lowest BCUT2D eigenvalue weighted by Gasteiger charge is -2.37. The Kier molecular flexibility index (Phi) is 9.52. The van der Waals surface area contributed by atoms with Gasteiger partial charge in [0.1, 0.15) is 11.7 Å². The molecule has 0 unspecified atom stereocenters. The fourth-order valence-electron chi connectivity index (χ4n) is 4.50. The first-order valence-corrected chi connectivity index (χ1v) is 13.5. The van der Waals surface area contributed by atoms with Crippen molar-refractivity contribution < 1.29 is 32.6 Å². The number of hydrogen-bond donors (Lipinski definition) is 2. The molecule has 3 amide bonds. The van der Waals surface area contributed by atoms with Crippen LogP contribution in [0.5, 0.6) is 5.88 Å². The van der Waals surface area contributed by atoms with Crippen molar-refractivity contribution in [2.75, 3.05) is 32.1 Å². The number of likely N-dealkylation sites (N-methyl/N-ethyl adjacent to an activating group) is 1. The zero-order valence-electron chi connectivity index (χ0n) is 23.5. The lowest BCUT2D eigenvalue weighted by molar-refractivity contribution is -0.137. The van der Waals surface area contributed by atoms with Crippen molar-refractivity contribution in [1.29, 1.82) is 0 Å². The summed E-state index contributed by atoms with van der Waals surface area (Å²) < 4.78 is 44.9. The number of aliphatic hydroxyl groups is 1. The molecular weight excluding hydrogens is 549 g/mol. The summed E-state index contributed by atoms with van der Waals surface area (Å²) in [6.45, 7) is 3.73. The summed E-state index contributed by atoms with van der Waals surface area (Å²) >= 11 is 0. The first kappa shape index (κ1) is 30.6. The number of rotatable bonds is 7. The Labute approximate surface area is 242 Å². The fraction of sp³-hybridized carbons (Fsp3) is 0.323. The molecule has 0 bridgehead atoms. The van der Waals surface area contributed by atoms with E-state index in [4.69, 9.17) is 4.74 Å². The zero-order chi connectivity index (χ0) is 30.4. The predicted molar refractivity (Wildman–Crippen MR) is 154 cm³/mol. The van der Waals surface area contributed by atoms with Crippen LogP contribution in [-0.4, -0.2) is 70.7 Å². The maximum atomic E-state index is 13.6. The molecule has 1 aliphatic rings. The molecule has 0 fully saturated rings. The van der Waals surface area contributed by atoms with Gasteiger partial charge in [0.05, 0.1) is 24.8 Å². The molecule has 2 heterocycles. The number of urea groups is 1. The largest absolute Gasteiger partial charge is 0.472 e. The van der Waals surface area contributed by atoms with Crippen LogP contribution < -0.4 is 10.1 Å². The topological polar surface area (TPSA) is 95.0 Å². The first-order valence-electron chi connectivity index (χ1n) is 13.5. The quantitative estimate of drug-likeness (QED) is 0.375. The molecule has 1 aliphatic heterocycles. The number of aromatic nitrogens is 1. The Balaban J connectivity index is 1.55. The van der Waals surface area contributed by atoms with E-state index in [2.05, 4.69) is 10.3 Å². The van der Waals surface area contributed by atoms with Gasteiger partial charge in [0.2, 0.25) is 5.88 Å². The number of nitrogens with zero attached hydrogens (tertiary/aromatic N) is 3. The molecule has 0 spiro atoms. The normalized spacial score (nSPS) is 18.1. The zero-order valence-corrected chi connectivity index (χ0v) is 23.5. The molecule has 222 valence electrons. The van der Waals surface area contributed by atoms with Gasteiger partial charge in [0.25, 0.3) is 5.91 Å². The molecule has 0 saturated carbocycles. The van der Waals surface area contributed by atoms with E-state index >= 15 is 0 Å². The van der Waals surface area contributed by atoms with E-state index < -0.39 is 29.9 Å². The van der Waals surface area contributed by atoms with Gasteiger partial charge >= 0.3 is 12.2 Å². The number of aliphatic hydroxyl groups excluding tert-OH is 1. The van der Waals surface area contributed by atoms with Crippen molar-refractivity contribution >= 4 is 29.8 Å². The van der Waals surface area contributed by atoms with Crippen LogP contribution in [0.1, 0.15) is 40.9 Å². The number of nitrogens with one attached hydrogen (secondary N) is 1. The number of benzene rings is 2. The number of ether oxygens (including phenoxy) is 1. The van der Waals surface area contributed by atoms with Gasteiger partial charge < -0.3 is 25.0 Å². The minimum absolute atomic E-state index is 0.0972. The monoisotopic (exact) mass is 582 g/mol. The number of amides is 3. The van der Waals surface area contributed by atoms with Crippen molar-refractivity contribution in [2.45, 2.75) is 32.2 Å². The molecule has 2 aromatic carbocycles. The highest BCUT2D eigenvalue weighted by molar-refractivity contribution is 5.97. The van der Waals surface area contributed by atoms with Crippen LogP contribution in [0.15, 0.2) is 66.9 Å². The highest BCUT2D eigenvalue weighted by Gasteiger charge is 2.35. The summed E-state index contributed by atoms with van der Waals surface area (Å²) in [7, 11) is 1.54. The lowest BCUT2D eigenvalue weighted by Crippen LogP contribution is -2.50. The van der Waals surface area contributed by atoms with Crippen LogP contribution in [0.2, 0.25) is 0 Å². The van der Waals surface area contributed by atoms with Crippen molar-refractivity contribution in [3.63, 3.8) is 0 Å². The molecule has 2 N–H and O–H groups in total. The second-order valence-electron chi connectivity index (χ2n) is 10.4. The highest BCUT2D eigenvalue weighted by Crippen LogP contribution is 2.30. The third-order valence-corrected chi connectivity index (χ3v) is 7.07. The van der Waals surface area contributed by atoms with Crippen molar-refractivity contribution in [1.82, 2.24) is 14.8 Å². The summed E-state index contributed by atoms with van der Waals surface area (Å²) in [6, 6.07) is 14.5. The van der Waals surface area contributed by atoms with E-state index in [9.17, 15) is 27.9 Å². The number of halogens is 3. The molecule has 3 atom stereocenters. The van der Waals surface area contributed by atoms with Gasteiger partial charge in [-0.25, -0.2) is 9.78 Å². The summed E-state index contributed by atoms with van der Waals surface area (Å²) in [5, 5.41) is 12.5. The van der Waals surface area contributed by atoms with E-state index in [1.807, 2.05) is 49.4 Å². The van der Waals surface area contributed by atoms with Crippen molar-refractivity contribution in [3.05, 3.63) is 89.1 Å². The Morgan fingerprint density at radius 1 is 1.17 bits per heavy atom. The van der Waals surface area contributed by atoms with Crippen LogP contribution in [0.4, 0.5) is 23.7 Å². The smallest absolute Gasteiger partial charge is 0.416 e. The average Bonchev–Trinajstić information content (AvgIpc) is 2.97.